The summed E-state index contributed by atoms with van der Waals surface area (Å²) >= 11 is 0. The molecule has 0 spiro atoms. The lowest BCUT2D eigenvalue weighted by Crippen LogP contribution is -2.45. The van der Waals surface area contributed by atoms with E-state index in [-0.39, 0.29) is 35.7 Å². The van der Waals surface area contributed by atoms with E-state index < -0.39 is 0 Å². The zero-order valence-electron chi connectivity index (χ0n) is 15.1. The van der Waals surface area contributed by atoms with Gasteiger partial charge in [-0.25, -0.2) is 0 Å². The minimum absolute atomic E-state index is 0. The molecule has 2 rings (SSSR count). The van der Waals surface area contributed by atoms with E-state index in [9.17, 15) is 0 Å². The highest BCUT2D eigenvalue weighted by Crippen LogP contribution is 2.23. The van der Waals surface area contributed by atoms with E-state index in [0.717, 1.165) is 44.2 Å². The molecule has 0 radical (unpaired) electrons. The summed E-state index contributed by atoms with van der Waals surface area (Å²) in [6, 6.07) is 8.14. The van der Waals surface area contributed by atoms with Gasteiger partial charge in [0.05, 0.1) is 11.7 Å². The lowest BCUT2D eigenvalue weighted by molar-refractivity contribution is 0.0243. The highest BCUT2D eigenvalue weighted by atomic mass is 127. The SMILES string of the molecule is CN=C(NCc1ccc(OC(C)C)cc1)NCC1(C)CCCO1.I. The van der Waals surface area contributed by atoms with Crippen LogP contribution in [0.2, 0.25) is 0 Å². The third-order valence-corrected chi connectivity index (χ3v) is 3.91. The van der Waals surface area contributed by atoms with Crippen molar-refractivity contribution in [3.05, 3.63) is 29.8 Å². The maximum Gasteiger partial charge on any atom is 0.191 e. The minimum Gasteiger partial charge on any atom is -0.491 e. The van der Waals surface area contributed by atoms with Gasteiger partial charge in [-0.05, 0) is 51.3 Å². The highest BCUT2D eigenvalue weighted by molar-refractivity contribution is 14.0. The molecule has 1 aromatic carbocycles. The largest absolute Gasteiger partial charge is 0.491 e. The predicted octanol–water partition coefficient (Wildman–Crippen LogP) is 3.33. The molecule has 136 valence electrons. The van der Waals surface area contributed by atoms with Crippen molar-refractivity contribution < 1.29 is 9.47 Å². The third kappa shape index (κ3) is 6.84. The molecule has 1 atom stereocenters. The average Bonchev–Trinajstić information content (AvgIpc) is 2.95. The molecule has 1 fully saturated rings. The first-order valence-electron chi connectivity index (χ1n) is 8.35. The number of nitrogens with one attached hydrogen (secondary N) is 2. The molecule has 1 aromatic rings. The molecule has 0 amide bonds. The summed E-state index contributed by atoms with van der Waals surface area (Å²) < 4.78 is 11.4. The second-order valence-electron chi connectivity index (χ2n) is 6.49. The Kier molecular flexibility index (Phi) is 8.83. The number of hydrogen-bond donors (Lipinski definition) is 2. The Morgan fingerprint density at radius 3 is 2.54 bits per heavy atom. The van der Waals surface area contributed by atoms with Crippen LogP contribution in [-0.4, -0.2) is 37.9 Å². The van der Waals surface area contributed by atoms with Crippen LogP contribution < -0.4 is 15.4 Å². The minimum atomic E-state index is -0.0759. The van der Waals surface area contributed by atoms with E-state index in [1.165, 1.54) is 5.56 Å². The molecule has 5 nitrogen and oxygen atoms in total. The molecule has 0 bridgehead atoms. The molecule has 1 saturated heterocycles. The number of rotatable bonds is 6. The van der Waals surface area contributed by atoms with Gasteiger partial charge in [-0.1, -0.05) is 12.1 Å². The van der Waals surface area contributed by atoms with Gasteiger partial charge in [-0.15, -0.1) is 24.0 Å². The van der Waals surface area contributed by atoms with Crippen molar-refractivity contribution in [2.45, 2.75) is 51.9 Å². The quantitative estimate of drug-likeness (QED) is 0.399. The fourth-order valence-corrected chi connectivity index (χ4v) is 2.61. The van der Waals surface area contributed by atoms with Crippen molar-refractivity contribution in [3.8, 4) is 5.75 Å². The summed E-state index contributed by atoms with van der Waals surface area (Å²) in [5, 5.41) is 6.68. The van der Waals surface area contributed by atoms with Crippen LogP contribution in [0.3, 0.4) is 0 Å². The van der Waals surface area contributed by atoms with Crippen molar-refractivity contribution in [1.29, 1.82) is 0 Å². The Hall–Kier alpha value is -1.02. The zero-order valence-corrected chi connectivity index (χ0v) is 17.4. The van der Waals surface area contributed by atoms with E-state index in [1.807, 2.05) is 26.0 Å². The smallest absolute Gasteiger partial charge is 0.191 e. The van der Waals surface area contributed by atoms with Crippen LogP contribution in [0.25, 0.3) is 0 Å². The number of benzene rings is 1. The summed E-state index contributed by atoms with van der Waals surface area (Å²) in [7, 11) is 1.78. The Balaban J connectivity index is 0.00000288. The van der Waals surface area contributed by atoms with Crippen LogP contribution >= 0.6 is 24.0 Å². The number of ether oxygens (including phenoxy) is 2. The normalized spacial score (nSPS) is 20.6. The van der Waals surface area contributed by atoms with Crippen molar-refractivity contribution in [2.24, 2.45) is 4.99 Å². The average molecular weight is 447 g/mol. The highest BCUT2D eigenvalue weighted by Gasteiger charge is 2.29. The van der Waals surface area contributed by atoms with Crippen LogP contribution in [0.5, 0.6) is 5.75 Å². The first-order chi connectivity index (χ1) is 11.0. The molecule has 0 aromatic heterocycles. The number of aliphatic imine (C=N–C) groups is 1. The Bertz CT molecular complexity index is 512. The molecular formula is C18H30IN3O2. The Morgan fingerprint density at radius 1 is 1.29 bits per heavy atom. The summed E-state index contributed by atoms with van der Waals surface area (Å²) in [5.41, 5.74) is 1.11. The number of hydrogen-bond acceptors (Lipinski definition) is 3. The fourth-order valence-electron chi connectivity index (χ4n) is 2.61. The van der Waals surface area contributed by atoms with Crippen molar-refractivity contribution >= 4 is 29.9 Å². The Labute approximate surface area is 162 Å². The number of halogens is 1. The predicted molar refractivity (Wildman–Crippen MR) is 109 cm³/mol. The van der Waals surface area contributed by atoms with Gasteiger partial charge in [0.2, 0.25) is 0 Å². The van der Waals surface area contributed by atoms with Gasteiger partial charge in [0, 0.05) is 26.7 Å². The molecular weight excluding hydrogens is 417 g/mol. The van der Waals surface area contributed by atoms with E-state index >= 15 is 0 Å². The van der Waals surface area contributed by atoms with Crippen LogP contribution in [0.4, 0.5) is 0 Å². The number of nitrogens with zero attached hydrogens (tertiary/aromatic N) is 1. The molecule has 2 N–H and O–H groups in total. The van der Waals surface area contributed by atoms with Crippen molar-refractivity contribution in [3.63, 3.8) is 0 Å². The van der Waals surface area contributed by atoms with Gasteiger partial charge in [0.25, 0.3) is 0 Å². The van der Waals surface area contributed by atoms with E-state index in [2.05, 4.69) is 34.7 Å². The molecule has 0 saturated carbocycles. The molecule has 1 aliphatic rings. The van der Waals surface area contributed by atoms with Gasteiger partial charge in [-0.3, -0.25) is 4.99 Å². The maximum atomic E-state index is 5.78. The van der Waals surface area contributed by atoms with E-state index in [0.29, 0.717) is 0 Å². The lowest BCUT2D eigenvalue weighted by Gasteiger charge is -2.24. The fraction of sp³-hybridized carbons (Fsp3) is 0.611. The first-order valence-corrected chi connectivity index (χ1v) is 8.35. The van der Waals surface area contributed by atoms with E-state index in [1.54, 1.807) is 7.05 Å². The summed E-state index contributed by atoms with van der Waals surface area (Å²) in [4.78, 5) is 4.27. The number of guanidine groups is 1. The van der Waals surface area contributed by atoms with Crippen LogP contribution in [0, 0.1) is 0 Å². The van der Waals surface area contributed by atoms with Gasteiger partial charge >= 0.3 is 0 Å². The molecule has 1 heterocycles. The molecule has 1 aliphatic heterocycles. The second-order valence-corrected chi connectivity index (χ2v) is 6.49. The maximum absolute atomic E-state index is 5.78. The lowest BCUT2D eigenvalue weighted by atomic mass is 10.0. The molecule has 24 heavy (non-hydrogen) atoms. The first kappa shape index (κ1) is 21.0. The summed E-state index contributed by atoms with van der Waals surface area (Å²) in [6.45, 7) is 8.55. The molecule has 6 heteroatoms. The standard InChI is InChI=1S/C18H29N3O2.HI/c1-14(2)23-16-8-6-15(7-9-16)12-20-17(19-4)21-13-18(3)10-5-11-22-18;/h6-9,14H,5,10-13H2,1-4H3,(H2,19,20,21);1H. The van der Waals surface area contributed by atoms with Crippen LogP contribution in [-0.2, 0) is 11.3 Å². The Morgan fingerprint density at radius 2 is 2.00 bits per heavy atom. The van der Waals surface area contributed by atoms with Crippen LogP contribution in [0.1, 0.15) is 39.2 Å². The van der Waals surface area contributed by atoms with Crippen LogP contribution in [0.15, 0.2) is 29.3 Å². The summed E-state index contributed by atoms with van der Waals surface area (Å²) in [6.07, 6.45) is 2.42. The topological polar surface area (TPSA) is 54.9 Å². The van der Waals surface area contributed by atoms with Crippen molar-refractivity contribution in [1.82, 2.24) is 10.6 Å². The summed E-state index contributed by atoms with van der Waals surface area (Å²) in [5.74, 6) is 1.70. The van der Waals surface area contributed by atoms with Gasteiger partial charge in [-0.2, -0.15) is 0 Å². The zero-order chi connectivity index (χ0) is 16.7. The van der Waals surface area contributed by atoms with Gasteiger partial charge < -0.3 is 20.1 Å². The van der Waals surface area contributed by atoms with Gasteiger partial charge in [0.1, 0.15) is 5.75 Å². The molecule has 1 unspecified atom stereocenters. The third-order valence-electron chi connectivity index (χ3n) is 3.91. The van der Waals surface area contributed by atoms with Gasteiger partial charge in [0.15, 0.2) is 5.96 Å². The van der Waals surface area contributed by atoms with Crippen molar-refractivity contribution in [2.75, 3.05) is 20.2 Å². The second kappa shape index (κ2) is 10.1. The monoisotopic (exact) mass is 447 g/mol. The van der Waals surface area contributed by atoms with E-state index in [4.69, 9.17) is 9.47 Å². The molecule has 0 aliphatic carbocycles.